The molecule has 1 fully saturated rings. The Balaban J connectivity index is 1.57. The van der Waals surface area contributed by atoms with Crippen molar-refractivity contribution in [3.63, 3.8) is 0 Å². The van der Waals surface area contributed by atoms with Crippen molar-refractivity contribution in [2.75, 3.05) is 16.0 Å². The molecule has 192 valence electrons. The Morgan fingerprint density at radius 3 is 2.45 bits per heavy atom. The lowest BCUT2D eigenvalue weighted by Gasteiger charge is -2.26. The van der Waals surface area contributed by atoms with Gasteiger partial charge in [-0.1, -0.05) is 30.3 Å². The zero-order chi connectivity index (χ0) is 27.4. The van der Waals surface area contributed by atoms with Gasteiger partial charge >= 0.3 is 6.03 Å². The second-order valence-electron chi connectivity index (χ2n) is 8.41. The summed E-state index contributed by atoms with van der Waals surface area (Å²) in [4.78, 5) is 62.6. The van der Waals surface area contributed by atoms with Crippen molar-refractivity contribution in [1.82, 2.24) is 5.32 Å². The molecule has 0 aromatic heterocycles. The van der Waals surface area contributed by atoms with Gasteiger partial charge in [-0.3, -0.25) is 29.8 Å². The van der Waals surface area contributed by atoms with E-state index >= 15 is 0 Å². The van der Waals surface area contributed by atoms with Crippen LogP contribution >= 0.6 is 11.8 Å². The first-order valence-electron chi connectivity index (χ1n) is 11.4. The SMILES string of the molecule is Cc1ccc(N2C(=O)NC(=O)/C(=C\c3ccc(SCC(=O)Nc4ccccc4)c([N+](=O)[O-])c3)C2=O)cc1C. The minimum atomic E-state index is -0.904. The van der Waals surface area contributed by atoms with Crippen molar-refractivity contribution in [3.05, 3.63) is 99.1 Å². The summed E-state index contributed by atoms with van der Waals surface area (Å²) >= 11 is 0.986. The molecule has 4 rings (SSSR count). The Morgan fingerprint density at radius 2 is 1.76 bits per heavy atom. The Morgan fingerprint density at radius 1 is 1.03 bits per heavy atom. The molecule has 2 N–H and O–H groups in total. The Kier molecular flexibility index (Phi) is 7.68. The molecular weight excluding hydrogens is 508 g/mol. The normalized spacial score (nSPS) is 14.4. The van der Waals surface area contributed by atoms with Crippen LogP contribution in [0.4, 0.5) is 21.9 Å². The second kappa shape index (κ2) is 11.1. The van der Waals surface area contributed by atoms with E-state index in [1.165, 1.54) is 24.3 Å². The van der Waals surface area contributed by atoms with Crippen LogP contribution in [-0.2, 0) is 14.4 Å². The number of nitro benzene ring substituents is 1. The van der Waals surface area contributed by atoms with Crippen LogP contribution in [0.25, 0.3) is 6.08 Å². The lowest BCUT2D eigenvalue weighted by Crippen LogP contribution is -2.54. The number of aryl methyl sites for hydroxylation is 2. The molecule has 10 nitrogen and oxygen atoms in total. The topological polar surface area (TPSA) is 139 Å². The first-order valence-corrected chi connectivity index (χ1v) is 12.4. The summed E-state index contributed by atoms with van der Waals surface area (Å²) in [6, 6.07) is 17.1. The van der Waals surface area contributed by atoms with Crippen LogP contribution in [0.15, 0.2) is 77.2 Å². The van der Waals surface area contributed by atoms with E-state index < -0.39 is 22.8 Å². The molecule has 11 heteroatoms. The molecule has 0 saturated carbocycles. The van der Waals surface area contributed by atoms with Crippen LogP contribution in [-0.4, -0.2) is 34.4 Å². The van der Waals surface area contributed by atoms with E-state index in [1.54, 1.807) is 42.5 Å². The molecule has 0 aliphatic carbocycles. The summed E-state index contributed by atoms with van der Waals surface area (Å²) in [5, 5.41) is 16.6. The molecule has 1 saturated heterocycles. The van der Waals surface area contributed by atoms with E-state index in [4.69, 9.17) is 0 Å². The van der Waals surface area contributed by atoms with E-state index in [9.17, 15) is 29.3 Å². The Bertz CT molecular complexity index is 1500. The number of hydrogen-bond acceptors (Lipinski definition) is 7. The number of para-hydroxylation sites is 1. The van der Waals surface area contributed by atoms with Crippen LogP contribution in [0.2, 0.25) is 0 Å². The van der Waals surface area contributed by atoms with Crippen molar-refractivity contribution >= 4 is 58.7 Å². The maximum Gasteiger partial charge on any atom is 0.335 e. The molecule has 0 spiro atoms. The number of carbonyl (C=O) groups excluding carboxylic acids is 4. The smallest absolute Gasteiger partial charge is 0.325 e. The molecule has 0 bridgehead atoms. The minimum absolute atomic E-state index is 0.0654. The fourth-order valence-electron chi connectivity index (χ4n) is 3.67. The van der Waals surface area contributed by atoms with Gasteiger partial charge in [0.15, 0.2) is 0 Å². The number of hydrogen-bond donors (Lipinski definition) is 2. The monoisotopic (exact) mass is 530 g/mol. The van der Waals surface area contributed by atoms with Gasteiger partial charge < -0.3 is 5.32 Å². The van der Waals surface area contributed by atoms with Gasteiger partial charge in [0.25, 0.3) is 17.5 Å². The number of carbonyl (C=O) groups is 4. The number of nitrogens with one attached hydrogen (secondary N) is 2. The van der Waals surface area contributed by atoms with Gasteiger partial charge in [-0.2, -0.15) is 0 Å². The lowest BCUT2D eigenvalue weighted by molar-refractivity contribution is -0.387. The van der Waals surface area contributed by atoms with Crippen LogP contribution in [0.5, 0.6) is 0 Å². The molecule has 3 aromatic carbocycles. The van der Waals surface area contributed by atoms with Gasteiger partial charge in [-0.25, -0.2) is 9.69 Å². The molecule has 0 radical (unpaired) electrons. The third-order valence-corrected chi connectivity index (χ3v) is 6.82. The highest BCUT2D eigenvalue weighted by molar-refractivity contribution is 8.00. The van der Waals surface area contributed by atoms with E-state index in [0.29, 0.717) is 11.4 Å². The number of nitro groups is 1. The zero-order valence-electron chi connectivity index (χ0n) is 20.4. The fourth-order valence-corrected chi connectivity index (χ4v) is 4.48. The van der Waals surface area contributed by atoms with Gasteiger partial charge in [-0.15, -0.1) is 11.8 Å². The molecule has 3 aromatic rings. The Hall–Kier alpha value is -4.77. The highest BCUT2D eigenvalue weighted by Gasteiger charge is 2.37. The standard InChI is InChI=1S/C27H22N4O6S/c1-16-8-10-20(12-17(16)2)30-26(34)21(25(33)29-27(30)35)13-18-9-11-23(22(14-18)31(36)37)38-15-24(32)28-19-6-4-3-5-7-19/h3-14H,15H2,1-2H3,(H,28,32)(H,29,33,35)/b21-13+. The first kappa shape index (κ1) is 26.3. The van der Waals surface area contributed by atoms with Gasteiger partial charge in [-0.05, 0) is 66.9 Å². The van der Waals surface area contributed by atoms with E-state index in [2.05, 4.69) is 10.6 Å². The minimum Gasteiger partial charge on any atom is -0.325 e. The zero-order valence-corrected chi connectivity index (χ0v) is 21.2. The molecule has 1 aliphatic rings. The van der Waals surface area contributed by atoms with Gasteiger partial charge in [0.05, 0.1) is 21.3 Å². The van der Waals surface area contributed by atoms with Crippen LogP contribution in [0.1, 0.15) is 16.7 Å². The summed E-state index contributed by atoms with van der Waals surface area (Å²) < 4.78 is 0. The third kappa shape index (κ3) is 5.79. The van der Waals surface area contributed by atoms with Gasteiger partial charge in [0.1, 0.15) is 5.57 Å². The van der Waals surface area contributed by atoms with Gasteiger partial charge in [0.2, 0.25) is 5.91 Å². The number of imide groups is 2. The third-order valence-electron chi connectivity index (χ3n) is 5.76. The average Bonchev–Trinajstić information content (AvgIpc) is 2.88. The highest BCUT2D eigenvalue weighted by atomic mass is 32.2. The molecule has 1 heterocycles. The van der Waals surface area contributed by atoms with E-state index in [0.717, 1.165) is 27.8 Å². The second-order valence-corrected chi connectivity index (χ2v) is 9.43. The number of barbiturate groups is 1. The number of benzene rings is 3. The first-order chi connectivity index (χ1) is 18.1. The lowest BCUT2D eigenvalue weighted by atomic mass is 10.0. The summed E-state index contributed by atoms with van der Waals surface area (Å²) in [6.45, 7) is 3.72. The van der Waals surface area contributed by atoms with Crippen molar-refractivity contribution < 1.29 is 24.1 Å². The van der Waals surface area contributed by atoms with Crippen molar-refractivity contribution in [1.29, 1.82) is 0 Å². The molecule has 5 amide bonds. The fraction of sp³-hybridized carbons (Fsp3) is 0.111. The molecule has 38 heavy (non-hydrogen) atoms. The predicted octanol–water partition coefficient (Wildman–Crippen LogP) is 4.61. The highest BCUT2D eigenvalue weighted by Crippen LogP contribution is 2.31. The molecular formula is C27H22N4O6S. The largest absolute Gasteiger partial charge is 0.335 e. The number of thioether (sulfide) groups is 1. The van der Waals surface area contributed by atoms with Crippen LogP contribution < -0.4 is 15.5 Å². The maximum absolute atomic E-state index is 13.2. The quantitative estimate of drug-likeness (QED) is 0.150. The van der Waals surface area contributed by atoms with Crippen molar-refractivity contribution in [3.8, 4) is 0 Å². The molecule has 1 aliphatic heterocycles. The molecule has 0 atom stereocenters. The summed E-state index contributed by atoms with van der Waals surface area (Å²) in [7, 11) is 0. The molecule has 0 unspecified atom stereocenters. The number of urea groups is 1. The van der Waals surface area contributed by atoms with Crippen molar-refractivity contribution in [2.45, 2.75) is 18.7 Å². The maximum atomic E-state index is 13.2. The summed E-state index contributed by atoms with van der Waals surface area (Å²) in [5.74, 6) is -2.15. The van der Waals surface area contributed by atoms with Gasteiger partial charge in [0, 0.05) is 11.8 Å². The number of amides is 5. The average molecular weight is 531 g/mol. The van der Waals surface area contributed by atoms with Crippen molar-refractivity contribution in [2.24, 2.45) is 0 Å². The number of nitrogens with zero attached hydrogens (tertiary/aromatic N) is 2. The number of rotatable bonds is 7. The van der Waals surface area contributed by atoms with E-state index in [-0.39, 0.29) is 33.4 Å². The summed E-state index contributed by atoms with van der Waals surface area (Å²) in [6.07, 6.45) is 1.20. The predicted molar refractivity (Wildman–Crippen MR) is 144 cm³/mol. The van der Waals surface area contributed by atoms with Crippen LogP contribution in [0.3, 0.4) is 0 Å². The van der Waals surface area contributed by atoms with Crippen LogP contribution in [0, 0.1) is 24.0 Å². The number of anilines is 2. The Labute approximate surface area is 221 Å². The van der Waals surface area contributed by atoms with E-state index in [1.807, 2.05) is 19.9 Å². The summed E-state index contributed by atoms with van der Waals surface area (Å²) in [5.41, 5.74) is 2.30.